The van der Waals surface area contributed by atoms with Crippen LogP contribution >= 0.6 is 0 Å². The lowest BCUT2D eigenvalue weighted by Crippen LogP contribution is -2.59. The molecule has 4 N–H and O–H groups in total. The fourth-order valence-electron chi connectivity index (χ4n) is 4.56. The van der Waals surface area contributed by atoms with Gasteiger partial charge >= 0.3 is 6.09 Å². The second-order valence-electron chi connectivity index (χ2n) is 9.93. The van der Waals surface area contributed by atoms with Crippen molar-refractivity contribution in [2.75, 3.05) is 26.3 Å². The minimum atomic E-state index is -1.48. The Labute approximate surface area is 201 Å². The highest BCUT2D eigenvalue weighted by Gasteiger charge is 2.44. The highest BCUT2D eigenvalue weighted by Crippen LogP contribution is 2.35. The molecule has 192 valence electrons. The van der Waals surface area contributed by atoms with Crippen molar-refractivity contribution in [2.45, 2.75) is 83.1 Å². The molecule has 2 unspecified atom stereocenters. The van der Waals surface area contributed by atoms with E-state index >= 15 is 0 Å². The molecule has 1 aromatic carbocycles. The standard InChI is InChI=1S/C25H39NO8/c1-14(2)17-8-5-9-18(15(3)4)23(17)34-25(31)26-10-6-7-16(11-26)13-32-24-22(30)21(29)20(28)19(12-27)33-24/h5,8-9,14-16,19-22,24,27-30H,6-7,10-13H2,1-4H3/t16?,19-,20-,21?,22-,24-/m1/s1. The highest BCUT2D eigenvalue weighted by atomic mass is 16.7. The largest absolute Gasteiger partial charge is 0.415 e. The summed E-state index contributed by atoms with van der Waals surface area (Å²) in [7, 11) is 0. The number of rotatable bonds is 7. The number of aliphatic hydroxyl groups is 4. The maximum absolute atomic E-state index is 13.1. The maximum atomic E-state index is 13.1. The van der Waals surface area contributed by atoms with Crippen LogP contribution < -0.4 is 4.74 Å². The number of para-hydroxylation sites is 1. The van der Waals surface area contributed by atoms with Gasteiger partial charge < -0.3 is 39.5 Å². The Kier molecular flexibility index (Phi) is 9.31. The van der Waals surface area contributed by atoms with E-state index < -0.39 is 43.4 Å². The van der Waals surface area contributed by atoms with Gasteiger partial charge in [-0.2, -0.15) is 0 Å². The van der Waals surface area contributed by atoms with Crippen molar-refractivity contribution in [3.63, 3.8) is 0 Å². The van der Waals surface area contributed by atoms with Gasteiger partial charge in [0.1, 0.15) is 30.2 Å². The average molecular weight is 482 g/mol. The molecule has 0 saturated carbocycles. The quantitative estimate of drug-likeness (QED) is 0.465. The minimum absolute atomic E-state index is 0.0152. The number of carbonyl (C=O) groups excluding carboxylic acids is 1. The number of hydrogen-bond acceptors (Lipinski definition) is 8. The average Bonchev–Trinajstić information content (AvgIpc) is 2.82. The van der Waals surface area contributed by atoms with Gasteiger partial charge in [-0.25, -0.2) is 4.79 Å². The SMILES string of the molecule is CC(C)c1cccc(C(C)C)c1OC(=O)N1CCCC(CO[C@@H]2O[C@H](CO)[C@@H](O)C(O)[C@H]2O)C1. The molecule has 0 bridgehead atoms. The zero-order valence-electron chi connectivity index (χ0n) is 20.5. The molecule has 2 fully saturated rings. The summed E-state index contributed by atoms with van der Waals surface area (Å²) in [6.07, 6.45) is -5.34. The molecule has 2 heterocycles. The number of hydrogen-bond donors (Lipinski definition) is 4. The Balaban J connectivity index is 1.62. The molecule has 1 amide bonds. The predicted molar refractivity (Wildman–Crippen MR) is 125 cm³/mol. The molecule has 2 aliphatic heterocycles. The molecule has 6 atom stereocenters. The lowest BCUT2D eigenvalue weighted by atomic mass is 9.94. The Morgan fingerprint density at radius 2 is 1.74 bits per heavy atom. The second kappa shape index (κ2) is 11.8. The third-order valence-corrected chi connectivity index (χ3v) is 6.63. The number of benzene rings is 1. The highest BCUT2D eigenvalue weighted by molar-refractivity contribution is 5.72. The van der Waals surface area contributed by atoms with Gasteiger partial charge in [-0.1, -0.05) is 45.9 Å². The van der Waals surface area contributed by atoms with Crippen LogP contribution in [0.3, 0.4) is 0 Å². The Morgan fingerprint density at radius 1 is 1.09 bits per heavy atom. The summed E-state index contributed by atoms with van der Waals surface area (Å²) in [5.41, 5.74) is 2.00. The van der Waals surface area contributed by atoms with Gasteiger partial charge in [-0.3, -0.25) is 0 Å². The van der Waals surface area contributed by atoms with E-state index in [-0.39, 0.29) is 24.4 Å². The van der Waals surface area contributed by atoms with Gasteiger partial charge in [0.15, 0.2) is 6.29 Å². The van der Waals surface area contributed by atoms with Crippen molar-refractivity contribution in [1.82, 2.24) is 4.90 Å². The van der Waals surface area contributed by atoms with Crippen molar-refractivity contribution in [2.24, 2.45) is 5.92 Å². The van der Waals surface area contributed by atoms with E-state index in [0.29, 0.717) is 18.8 Å². The van der Waals surface area contributed by atoms with E-state index in [1.165, 1.54) is 0 Å². The predicted octanol–water partition coefficient (Wildman–Crippen LogP) is 1.96. The molecule has 3 rings (SSSR count). The van der Waals surface area contributed by atoms with E-state index in [1.54, 1.807) is 4.90 Å². The second-order valence-corrected chi connectivity index (χ2v) is 9.93. The van der Waals surface area contributed by atoms with Gasteiger partial charge in [-0.15, -0.1) is 0 Å². The fraction of sp³-hybridized carbons (Fsp3) is 0.720. The van der Waals surface area contributed by atoms with Gasteiger partial charge in [0.25, 0.3) is 0 Å². The molecule has 1 aromatic rings. The van der Waals surface area contributed by atoms with Gasteiger partial charge in [-0.05, 0) is 35.8 Å². The molecule has 0 spiro atoms. The first kappa shape index (κ1) is 26.8. The Hall–Kier alpha value is -1.75. The number of amides is 1. The first-order chi connectivity index (χ1) is 16.1. The van der Waals surface area contributed by atoms with Crippen LogP contribution in [0.2, 0.25) is 0 Å². The van der Waals surface area contributed by atoms with E-state index in [2.05, 4.69) is 27.7 Å². The summed E-state index contributed by atoms with van der Waals surface area (Å²) in [6.45, 7) is 8.98. The lowest BCUT2D eigenvalue weighted by molar-refractivity contribution is -0.303. The molecule has 2 aliphatic rings. The molecular formula is C25H39NO8. The zero-order valence-corrected chi connectivity index (χ0v) is 20.5. The third kappa shape index (κ3) is 6.08. The zero-order chi connectivity index (χ0) is 25.0. The molecular weight excluding hydrogens is 442 g/mol. The summed E-state index contributed by atoms with van der Waals surface area (Å²) in [6, 6.07) is 5.98. The van der Waals surface area contributed by atoms with Crippen LogP contribution in [0.25, 0.3) is 0 Å². The smallest absolute Gasteiger partial charge is 0.410 e. The Bertz CT molecular complexity index is 788. The summed E-state index contributed by atoms with van der Waals surface area (Å²) < 4.78 is 17.1. The summed E-state index contributed by atoms with van der Waals surface area (Å²) >= 11 is 0. The van der Waals surface area contributed by atoms with Crippen LogP contribution in [0.4, 0.5) is 4.79 Å². The topological polar surface area (TPSA) is 129 Å². The number of ether oxygens (including phenoxy) is 3. The van der Waals surface area contributed by atoms with Crippen LogP contribution in [-0.2, 0) is 9.47 Å². The maximum Gasteiger partial charge on any atom is 0.415 e. The van der Waals surface area contributed by atoms with E-state index in [0.717, 1.165) is 24.0 Å². The van der Waals surface area contributed by atoms with Crippen LogP contribution in [-0.4, -0.2) is 88.4 Å². The van der Waals surface area contributed by atoms with Crippen LogP contribution in [0, 0.1) is 5.92 Å². The van der Waals surface area contributed by atoms with E-state index in [4.69, 9.17) is 14.2 Å². The number of aliphatic hydroxyl groups excluding tert-OH is 4. The first-order valence-corrected chi connectivity index (χ1v) is 12.2. The van der Waals surface area contributed by atoms with Crippen molar-refractivity contribution < 1.29 is 39.4 Å². The fourth-order valence-corrected chi connectivity index (χ4v) is 4.56. The van der Waals surface area contributed by atoms with Crippen LogP contribution in [0.1, 0.15) is 63.5 Å². The molecule has 9 nitrogen and oxygen atoms in total. The molecule has 0 aromatic heterocycles. The number of nitrogens with zero attached hydrogens (tertiary/aromatic N) is 1. The van der Waals surface area contributed by atoms with Crippen molar-refractivity contribution in [3.8, 4) is 5.75 Å². The monoisotopic (exact) mass is 481 g/mol. The van der Waals surface area contributed by atoms with Gasteiger partial charge in [0, 0.05) is 19.0 Å². The minimum Gasteiger partial charge on any atom is -0.410 e. The normalized spacial score (nSPS) is 30.1. The van der Waals surface area contributed by atoms with Crippen LogP contribution in [0.5, 0.6) is 5.75 Å². The Morgan fingerprint density at radius 3 is 2.32 bits per heavy atom. The summed E-state index contributed by atoms with van der Waals surface area (Å²) in [4.78, 5) is 14.8. The third-order valence-electron chi connectivity index (χ3n) is 6.63. The van der Waals surface area contributed by atoms with Gasteiger partial charge in [0.2, 0.25) is 0 Å². The summed E-state index contributed by atoms with van der Waals surface area (Å²) in [5, 5.41) is 39.4. The van der Waals surface area contributed by atoms with Gasteiger partial charge in [0.05, 0.1) is 13.2 Å². The van der Waals surface area contributed by atoms with Crippen molar-refractivity contribution >= 4 is 6.09 Å². The van der Waals surface area contributed by atoms with Crippen LogP contribution in [0.15, 0.2) is 18.2 Å². The number of likely N-dealkylation sites (tertiary alicyclic amines) is 1. The van der Waals surface area contributed by atoms with E-state index in [9.17, 15) is 25.2 Å². The molecule has 2 saturated heterocycles. The molecule has 9 heteroatoms. The molecule has 34 heavy (non-hydrogen) atoms. The number of piperidine rings is 1. The van der Waals surface area contributed by atoms with E-state index in [1.807, 2.05) is 18.2 Å². The van der Waals surface area contributed by atoms with Crippen molar-refractivity contribution in [3.05, 3.63) is 29.3 Å². The molecule has 0 radical (unpaired) electrons. The summed E-state index contributed by atoms with van der Waals surface area (Å²) in [5.74, 6) is 1.04. The molecule has 0 aliphatic carbocycles. The number of carbonyl (C=O) groups is 1. The first-order valence-electron chi connectivity index (χ1n) is 12.2. The lowest BCUT2D eigenvalue weighted by Gasteiger charge is -2.40. The van der Waals surface area contributed by atoms with Crippen molar-refractivity contribution in [1.29, 1.82) is 0 Å².